The quantitative estimate of drug-likeness (QED) is 0.854. The molecule has 0 saturated heterocycles. The fraction of sp³-hybridized carbons (Fsp3) is 0.294. The summed E-state index contributed by atoms with van der Waals surface area (Å²) < 4.78 is 26.8. The van der Waals surface area contributed by atoms with Gasteiger partial charge in [-0.1, -0.05) is 12.1 Å². The van der Waals surface area contributed by atoms with Crippen LogP contribution in [0.5, 0.6) is 0 Å². The highest BCUT2D eigenvalue weighted by atomic mass is 19.1. The summed E-state index contributed by atoms with van der Waals surface area (Å²) in [4.78, 5) is 2.20. The zero-order valence-electron chi connectivity index (χ0n) is 11.9. The van der Waals surface area contributed by atoms with E-state index in [1.807, 2.05) is 19.1 Å². The molecule has 110 valence electrons. The van der Waals surface area contributed by atoms with E-state index in [1.54, 1.807) is 0 Å². The maximum absolute atomic E-state index is 13.4. The van der Waals surface area contributed by atoms with Gasteiger partial charge in [0.25, 0.3) is 0 Å². The lowest BCUT2D eigenvalue weighted by Gasteiger charge is -2.34. The molecule has 0 saturated carbocycles. The van der Waals surface area contributed by atoms with Gasteiger partial charge in [0.05, 0.1) is 0 Å². The van der Waals surface area contributed by atoms with Crippen molar-refractivity contribution in [2.24, 2.45) is 0 Å². The van der Waals surface area contributed by atoms with E-state index in [-0.39, 0.29) is 6.04 Å². The second-order valence-electron chi connectivity index (χ2n) is 5.58. The molecule has 0 radical (unpaired) electrons. The molecule has 1 atom stereocenters. The van der Waals surface area contributed by atoms with E-state index in [9.17, 15) is 8.78 Å². The van der Waals surface area contributed by atoms with Gasteiger partial charge in [-0.05, 0) is 48.2 Å². The molecular weight excluding hydrogens is 270 g/mol. The van der Waals surface area contributed by atoms with Gasteiger partial charge < -0.3 is 5.73 Å². The molecule has 1 heterocycles. The molecule has 4 heteroatoms. The van der Waals surface area contributed by atoms with Crippen molar-refractivity contribution >= 4 is 5.69 Å². The third-order valence-electron chi connectivity index (χ3n) is 4.25. The number of nitrogens with two attached hydrogens (primary N) is 1. The Kier molecular flexibility index (Phi) is 3.64. The molecule has 1 aliphatic rings. The number of halogens is 2. The smallest absolute Gasteiger partial charge is 0.126 e. The lowest BCUT2D eigenvalue weighted by molar-refractivity contribution is 0.192. The predicted molar refractivity (Wildman–Crippen MR) is 79.7 cm³/mol. The Morgan fingerprint density at radius 1 is 1.14 bits per heavy atom. The van der Waals surface area contributed by atoms with Gasteiger partial charge in [-0.25, -0.2) is 8.78 Å². The van der Waals surface area contributed by atoms with E-state index in [0.29, 0.717) is 12.1 Å². The molecule has 2 N–H and O–H groups in total. The fourth-order valence-electron chi connectivity index (χ4n) is 2.99. The third kappa shape index (κ3) is 2.76. The van der Waals surface area contributed by atoms with Crippen molar-refractivity contribution in [2.75, 3.05) is 12.3 Å². The molecule has 0 fully saturated rings. The maximum atomic E-state index is 13.4. The lowest BCUT2D eigenvalue weighted by Crippen LogP contribution is -2.33. The number of nitrogen functional groups attached to an aromatic ring is 1. The minimum atomic E-state index is -0.534. The molecule has 1 aliphatic heterocycles. The predicted octanol–water partition coefficient (Wildman–Crippen LogP) is 3.67. The summed E-state index contributed by atoms with van der Waals surface area (Å²) in [7, 11) is 0. The average molecular weight is 288 g/mol. The number of hydrogen-bond acceptors (Lipinski definition) is 2. The summed E-state index contributed by atoms with van der Waals surface area (Å²) in [5, 5.41) is 0. The van der Waals surface area contributed by atoms with Gasteiger partial charge in [-0.3, -0.25) is 4.90 Å². The van der Waals surface area contributed by atoms with Crippen LogP contribution in [0.15, 0.2) is 36.4 Å². The molecule has 0 bridgehead atoms. The van der Waals surface area contributed by atoms with Crippen LogP contribution in [0.2, 0.25) is 0 Å². The van der Waals surface area contributed by atoms with Crippen molar-refractivity contribution < 1.29 is 8.78 Å². The van der Waals surface area contributed by atoms with Gasteiger partial charge in [-0.15, -0.1) is 0 Å². The zero-order chi connectivity index (χ0) is 15.0. The van der Waals surface area contributed by atoms with Crippen molar-refractivity contribution in [3.8, 4) is 0 Å². The standard InChI is InChI=1S/C17H18F2N2/c1-11(13-7-14(18)9-15(19)8-13)21-6-5-12-3-2-4-17(20)16(12)10-21/h2-4,7-9,11H,5-6,10,20H2,1H3. The average Bonchev–Trinajstić information content (AvgIpc) is 2.45. The highest BCUT2D eigenvalue weighted by molar-refractivity contribution is 5.51. The minimum Gasteiger partial charge on any atom is -0.398 e. The summed E-state index contributed by atoms with van der Waals surface area (Å²) in [6, 6.07) is 9.61. The molecule has 1 unspecified atom stereocenters. The fourth-order valence-corrected chi connectivity index (χ4v) is 2.99. The molecule has 2 aromatic carbocycles. The van der Waals surface area contributed by atoms with E-state index in [0.717, 1.165) is 30.3 Å². The Morgan fingerprint density at radius 3 is 2.57 bits per heavy atom. The number of fused-ring (bicyclic) bond motifs is 1. The second-order valence-corrected chi connectivity index (χ2v) is 5.58. The molecule has 2 aromatic rings. The van der Waals surface area contributed by atoms with Crippen molar-refractivity contribution in [3.05, 3.63) is 64.7 Å². The number of hydrogen-bond donors (Lipinski definition) is 1. The van der Waals surface area contributed by atoms with Crippen LogP contribution in [-0.4, -0.2) is 11.4 Å². The van der Waals surface area contributed by atoms with E-state index >= 15 is 0 Å². The first-order valence-corrected chi connectivity index (χ1v) is 7.11. The monoisotopic (exact) mass is 288 g/mol. The first-order valence-electron chi connectivity index (χ1n) is 7.11. The molecule has 0 amide bonds. The number of rotatable bonds is 2. The van der Waals surface area contributed by atoms with E-state index in [1.165, 1.54) is 17.7 Å². The van der Waals surface area contributed by atoms with Gasteiger partial charge in [0.2, 0.25) is 0 Å². The number of nitrogens with zero attached hydrogens (tertiary/aromatic N) is 1. The Hall–Kier alpha value is -1.94. The third-order valence-corrected chi connectivity index (χ3v) is 4.25. The topological polar surface area (TPSA) is 29.3 Å². The van der Waals surface area contributed by atoms with Gasteiger partial charge >= 0.3 is 0 Å². The van der Waals surface area contributed by atoms with Gasteiger partial charge in [0.1, 0.15) is 11.6 Å². The summed E-state index contributed by atoms with van der Waals surface area (Å²) in [6.45, 7) is 3.54. The van der Waals surface area contributed by atoms with Crippen LogP contribution in [0.4, 0.5) is 14.5 Å². The number of anilines is 1. The van der Waals surface area contributed by atoms with Gasteiger partial charge in [-0.2, -0.15) is 0 Å². The summed E-state index contributed by atoms with van der Waals surface area (Å²) in [6.07, 6.45) is 0.905. The first kappa shape index (κ1) is 14.0. The highest BCUT2D eigenvalue weighted by Gasteiger charge is 2.23. The molecule has 21 heavy (non-hydrogen) atoms. The Labute approximate surface area is 123 Å². The largest absolute Gasteiger partial charge is 0.398 e. The van der Waals surface area contributed by atoms with Crippen LogP contribution in [0.25, 0.3) is 0 Å². The molecule has 0 spiro atoms. The second kappa shape index (κ2) is 5.45. The maximum Gasteiger partial charge on any atom is 0.126 e. The van der Waals surface area contributed by atoms with Crippen LogP contribution < -0.4 is 5.73 Å². The SMILES string of the molecule is CC(c1cc(F)cc(F)c1)N1CCc2cccc(N)c2C1. The van der Waals surface area contributed by atoms with Crippen molar-refractivity contribution in [1.29, 1.82) is 0 Å². The summed E-state index contributed by atoms with van der Waals surface area (Å²) >= 11 is 0. The van der Waals surface area contributed by atoms with E-state index in [2.05, 4.69) is 11.0 Å². The van der Waals surface area contributed by atoms with Crippen LogP contribution >= 0.6 is 0 Å². The van der Waals surface area contributed by atoms with Crippen LogP contribution in [0, 0.1) is 11.6 Å². The molecule has 2 nitrogen and oxygen atoms in total. The van der Waals surface area contributed by atoms with Crippen LogP contribution in [0.3, 0.4) is 0 Å². The molecular formula is C17H18F2N2. The van der Waals surface area contributed by atoms with Crippen molar-refractivity contribution in [1.82, 2.24) is 4.90 Å². The highest BCUT2D eigenvalue weighted by Crippen LogP contribution is 2.30. The van der Waals surface area contributed by atoms with Crippen LogP contribution in [0.1, 0.15) is 29.7 Å². The Balaban J connectivity index is 1.87. The van der Waals surface area contributed by atoms with Crippen LogP contribution in [-0.2, 0) is 13.0 Å². The lowest BCUT2D eigenvalue weighted by atomic mass is 9.95. The normalized spacial score (nSPS) is 16.5. The Bertz CT molecular complexity index is 650. The number of benzene rings is 2. The summed E-state index contributed by atoms with van der Waals surface area (Å²) in [5.41, 5.74) is 9.89. The van der Waals surface area contributed by atoms with Crippen molar-refractivity contribution in [3.63, 3.8) is 0 Å². The molecule has 0 aliphatic carbocycles. The zero-order valence-corrected chi connectivity index (χ0v) is 11.9. The van der Waals surface area contributed by atoms with Crippen molar-refractivity contribution in [2.45, 2.75) is 25.9 Å². The molecule has 3 rings (SSSR count). The first-order chi connectivity index (χ1) is 10.0. The van der Waals surface area contributed by atoms with Gasteiger partial charge in [0, 0.05) is 30.9 Å². The van der Waals surface area contributed by atoms with Gasteiger partial charge in [0.15, 0.2) is 0 Å². The molecule has 0 aromatic heterocycles. The Morgan fingerprint density at radius 2 is 1.86 bits per heavy atom. The van der Waals surface area contributed by atoms with E-state index < -0.39 is 11.6 Å². The minimum absolute atomic E-state index is 0.0528. The summed E-state index contributed by atoms with van der Waals surface area (Å²) in [5.74, 6) is -1.07. The van der Waals surface area contributed by atoms with E-state index in [4.69, 9.17) is 5.73 Å².